The number of rotatable bonds is 4. The number of allylic oxidation sites excluding steroid dienone is 1. The van der Waals surface area contributed by atoms with Gasteiger partial charge in [-0.05, 0) is 36.3 Å². The van der Waals surface area contributed by atoms with Gasteiger partial charge in [0.05, 0.1) is 29.0 Å². The average molecular weight is 449 g/mol. The molecule has 0 radical (unpaired) electrons. The zero-order chi connectivity index (χ0) is 22.8. The van der Waals surface area contributed by atoms with Crippen molar-refractivity contribution in [2.75, 3.05) is 7.11 Å². The molecule has 0 bridgehead atoms. The third kappa shape index (κ3) is 4.04. The van der Waals surface area contributed by atoms with Gasteiger partial charge in [0.2, 0.25) is 0 Å². The maximum absolute atomic E-state index is 13.4. The number of ether oxygens (including phenoxy) is 2. The van der Waals surface area contributed by atoms with Crippen molar-refractivity contribution in [2.24, 2.45) is 4.99 Å². The Morgan fingerprint density at radius 3 is 2.41 bits per heavy atom. The van der Waals surface area contributed by atoms with Gasteiger partial charge in [-0.1, -0.05) is 53.8 Å². The maximum Gasteiger partial charge on any atom is 0.338 e. The number of hydrogen-bond acceptors (Lipinski definition) is 7. The molecule has 32 heavy (non-hydrogen) atoms. The van der Waals surface area contributed by atoms with Crippen LogP contribution < -0.4 is 19.6 Å². The highest BCUT2D eigenvalue weighted by Crippen LogP contribution is 2.31. The lowest BCUT2D eigenvalue weighted by Crippen LogP contribution is -2.39. The van der Waals surface area contributed by atoms with Gasteiger partial charge in [0, 0.05) is 6.92 Å². The van der Waals surface area contributed by atoms with Crippen LogP contribution in [0.5, 0.6) is 5.75 Å². The third-order valence-corrected chi connectivity index (χ3v) is 5.96. The lowest BCUT2D eigenvalue weighted by atomic mass is 9.96. The van der Waals surface area contributed by atoms with Crippen molar-refractivity contribution in [1.29, 1.82) is 0 Å². The summed E-state index contributed by atoms with van der Waals surface area (Å²) in [6, 6.07) is 15.5. The number of hydrogen-bond donors (Lipinski definition) is 0. The number of carbonyl (C=O) groups is 2. The Kier molecular flexibility index (Phi) is 5.87. The Morgan fingerprint density at radius 1 is 1.09 bits per heavy atom. The van der Waals surface area contributed by atoms with Gasteiger partial charge in [0.15, 0.2) is 4.80 Å². The van der Waals surface area contributed by atoms with Crippen molar-refractivity contribution in [3.8, 4) is 5.75 Å². The van der Waals surface area contributed by atoms with Crippen LogP contribution in [0.4, 0.5) is 0 Å². The van der Waals surface area contributed by atoms with Crippen LogP contribution in [0.15, 0.2) is 75.7 Å². The first-order chi connectivity index (χ1) is 15.4. The number of nitrogens with zero attached hydrogens (tertiary/aromatic N) is 2. The zero-order valence-electron chi connectivity index (χ0n) is 17.7. The van der Waals surface area contributed by atoms with Crippen LogP contribution in [-0.2, 0) is 14.3 Å². The van der Waals surface area contributed by atoms with E-state index >= 15 is 0 Å². The van der Waals surface area contributed by atoms with Gasteiger partial charge in [0.25, 0.3) is 5.56 Å². The first-order valence-corrected chi connectivity index (χ1v) is 10.6. The minimum atomic E-state index is -0.719. The number of methoxy groups -OCH3 is 1. The van der Waals surface area contributed by atoms with Crippen LogP contribution in [0.25, 0.3) is 6.08 Å². The predicted octanol–water partition coefficient (Wildman–Crippen LogP) is 2.33. The Labute approximate surface area is 187 Å². The number of aromatic nitrogens is 1. The molecule has 2 aromatic carbocycles. The fourth-order valence-corrected chi connectivity index (χ4v) is 4.64. The fraction of sp³-hybridized carbons (Fsp3) is 0.167. The number of thiazole rings is 1. The molecule has 0 spiro atoms. The SMILES string of the molecule is COC(=O)C1=C(C)N=c2s/c(=C/c3ccccc3)c(=O)n2[C@H]1c1ccc(OC(C)=O)cc1. The average Bonchev–Trinajstić information content (AvgIpc) is 3.07. The van der Waals surface area contributed by atoms with Crippen molar-refractivity contribution in [1.82, 2.24) is 4.57 Å². The van der Waals surface area contributed by atoms with Crippen LogP contribution >= 0.6 is 11.3 Å². The summed E-state index contributed by atoms with van der Waals surface area (Å²) in [5.41, 5.74) is 2.08. The molecule has 1 aliphatic rings. The molecule has 8 heteroatoms. The lowest BCUT2D eigenvalue weighted by Gasteiger charge is -2.24. The molecular formula is C24H20N2O5S. The molecule has 1 atom stereocenters. The second kappa shape index (κ2) is 8.76. The van der Waals surface area contributed by atoms with Crippen LogP contribution in [0.1, 0.15) is 31.0 Å². The minimum Gasteiger partial charge on any atom is -0.466 e. The topological polar surface area (TPSA) is 87.0 Å². The molecule has 0 N–H and O–H groups in total. The summed E-state index contributed by atoms with van der Waals surface area (Å²) in [5, 5.41) is 0. The monoisotopic (exact) mass is 448 g/mol. The molecule has 1 aliphatic heterocycles. The molecule has 0 fully saturated rings. The smallest absolute Gasteiger partial charge is 0.338 e. The van der Waals surface area contributed by atoms with Crippen molar-refractivity contribution in [3.05, 3.63) is 96.7 Å². The summed E-state index contributed by atoms with van der Waals surface area (Å²) in [4.78, 5) is 42.3. The van der Waals surface area contributed by atoms with Gasteiger partial charge >= 0.3 is 11.9 Å². The number of benzene rings is 2. The Balaban J connectivity index is 1.91. The van der Waals surface area contributed by atoms with Gasteiger partial charge < -0.3 is 9.47 Å². The first kappa shape index (κ1) is 21.5. The second-order valence-corrected chi connectivity index (χ2v) is 8.16. The van der Waals surface area contributed by atoms with Gasteiger partial charge in [-0.25, -0.2) is 9.79 Å². The van der Waals surface area contributed by atoms with E-state index in [9.17, 15) is 14.4 Å². The maximum atomic E-state index is 13.4. The molecule has 2 heterocycles. The molecule has 3 aromatic rings. The Bertz CT molecular complexity index is 1400. The number of fused-ring (bicyclic) bond motifs is 1. The van der Waals surface area contributed by atoms with E-state index in [1.54, 1.807) is 31.2 Å². The second-order valence-electron chi connectivity index (χ2n) is 7.15. The molecule has 0 unspecified atom stereocenters. The van der Waals surface area contributed by atoms with Gasteiger partial charge in [-0.3, -0.25) is 14.2 Å². The molecular weight excluding hydrogens is 428 g/mol. The predicted molar refractivity (Wildman–Crippen MR) is 120 cm³/mol. The third-order valence-electron chi connectivity index (χ3n) is 4.98. The van der Waals surface area contributed by atoms with Crippen LogP contribution in [0, 0.1) is 0 Å². The summed E-state index contributed by atoms with van der Waals surface area (Å²) >= 11 is 1.26. The summed E-state index contributed by atoms with van der Waals surface area (Å²) in [6.45, 7) is 3.04. The summed E-state index contributed by atoms with van der Waals surface area (Å²) in [5.74, 6) is -0.617. The van der Waals surface area contributed by atoms with Crippen molar-refractivity contribution in [2.45, 2.75) is 19.9 Å². The van der Waals surface area contributed by atoms with E-state index in [-0.39, 0.29) is 11.1 Å². The fourth-order valence-electron chi connectivity index (χ4n) is 3.59. The number of carbonyl (C=O) groups excluding carboxylic acids is 2. The van der Waals surface area contributed by atoms with Crippen molar-refractivity contribution < 1.29 is 19.1 Å². The molecule has 0 aliphatic carbocycles. The normalized spacial score (nSPS) is 15.7. The first-order valence-electron chi connectivity index (χ1n) is 9.83. The van der Waals surface area contributed by atoms with E-state index in [2.05, 4.69) is 4.99 Å². The largest absolute Gasteiger partial charge is 0.466 e. The molecule has 0 saturated carbocycles. The van der Waals surface area contributed by atoms with Crippen LogP contribution in [0.3, 0.4) is 0 Å². The quantitative estimate of drug-likeness (QED) is 0.452. The molecule has 1 aromatic heterocycles. The van der Waals surface area contributed by atoms with E-state index in [4.69, 9.17) is 9.47 Å². The van der Waals surface area contributed by atoms with Crippen molar-refractivity contribution in [3.63, 3.8) is 0 Å². The van der Waals surface area contributed by atoms with Gasteiger partial charge in [0.1, 0.15) is 5.75 Å². The van der Waals surface area contributed by atoms with E-state index in [0.717, 1.165) is 5.56 Å². The highest BCUT2D eigenvalue weighted by Gasteiger charge is 2.33. The molecule has 4 rings (SSSR count). The van der Waals surface area contributed by atoms with E-state index < -0.39 is 18.0 Å². The summed E-state index contributed by atoms with van der Waals surface area (Å²) in [6.07, 6.45) is 1.81. The molecule has 7 nitrogen and oxygen atoms in total. The van der Waals surface area contributed by atoms with E-state index in [1.807, 2.05) is 36.4 Å². The lowest BCUT2D eigenvalue weighted by molar-refractivity contribution is -0.136. The molecule has 0 amide bonds. The van der Waals surface area contributed by atoms with Gasteiger partial charge in [-0.2, -0.15) is 0 Å². The van der Waals surface area contributed by atoms with E-state index in [0.29, 0.717) is 26.3 Å². The van der Waals surface area contributed by atoms with Crippen LogP contribution in [-0.4, -0.2) is 23.6 Å². The summed E-state index contributed by atoms with van der Waals surface area (Å²) in [7, 11) is 1.30. The highest BCUT2D eigenvalue weighted by molar-refractivity contribution is 7.07. The summed E-state index contributed by atoms with van der Waals surface area (Å²) < 4.78 is 12.1. The zero-order valence-corrected chi connectivity index (χ0v) is 18.5. The Morgan fingerprint density at radius 2 is 1.78 bits per heavy atom. The van der Waals surface area contributed by atoms with Gasteiger partial charge in [-0.15, -0.1) is 0 Å². The van der Waals surface area contributed by atoms with E-state index in [1.165, 1.54) is 29.9 Å². The molecule has 162 valence electrons. The van der Waals surface area contributed by atoms with Crippen LogP contribution in [0.2, 0.25) is 0 Å². The standard InChI is InChI=1S/C24H20N2O5S/c1-14-20(23(29)30-3)21(17-9-11-18(12-10-17)31-15(2)27)26-22(28)19(32-24(26)25-14)13-16-7-5-4-6-8-16/h4-13,21H,1-3H3/b19-13+/t21-/m0/s1. The van der Waals surface area contributed by atoms with Crippen molar-refractivity contribution >= 4 is 29.4 Å². The minimum absolute atomic E-state index is 0.249. The number of esters is 2. The Hall–Kier alpha value is -3.78. The highest BCUT2D eigenvalue weighted by atomic mass is 32.1. The molecule has 0 saturated heterocycles.